The van der Waals surface area contributed by atoms with Crippen LogP contribution in [0.4, 0.5) is 0 Å². The Kier molecular flexibility index (Phi) is 7.77. The smallest absolute Gasteiger partial charge is 0.310 e. The summed E-state index contributed by atoms with van der Waals surface area (Å²) >= 11 is 0. The molecular weight excluding hydrogens is 468 g/mol. The maximum atomic E-state index is 12.1. The number of ether oxygens (including phenoxy) is 3. The van der Waals surface area contributed by atoms with Crippen LogP contribution < -0.4 is 15.2 Å². The Bertz CT molecular complexity index is 1440. The van der Waals surface area contributed by atoms with Crippen LogP contribution in [0.5, 0.6) is 11.5 Å². The highest BCUT2D eigenvalue weighted by molar-refractivity contribution is 5.96. The van der Waals surface area contributed by atoms with Gasteiger partial charge >= 0.3 is 5.97 Å². The van der Waals surface area contributed by atoms with Crippen LogP contribution in [-0.2, 0) is 22.6 Å². The zero-order valence-electron chi connectivity index (χ0n) is 21.6. The first-order valence-electron chi connectivity index (χ1n) is 12.2. The van der Waals surface area contributed by atoms with Gasteiger partial charge in [-0.1, -0.05) is 30.3 Å². The van der Waals surface area contributed by atoms with Gasteiger partial charge < -0.3 is 19.9 Å². The average molecular weight is 501 g/mol. The summed E-state index contributed by atoms with van der Waals surface area (Å²) in [4.78, 5) is 12.1. The quantitative estimate of drug-likeness (QED) is 0.174. The Morgan fingerprint density at radius 2 is 1.86 bits per heavy atom. The maximum Gasteiger partial charge on any atom is 0.310 e. The normalized spacial score (nSPS) is 11.1. The monoisotopic (exact) mass is 500 g/mol. The van der Waals surface area contributed by atoms with Gasteiger partial charge in [0.25, 0.3) is 0 Å². The lowest BCUT2D eigenvalue weighted by Gasteiger charge is -2.12. The van der Waals surface area contributed by atoms with Crippen molar-refractivity contribution in [2.45, 2.75) is 39.8 Å². The van der Waals surface area contributed by atoms with E-state index in [9.17, 15) is 4.79 Å². The zero-order valence-corrected chi connectivity index (χ0v) is 21.6. The number of nitrogens with two attached hydrogens (primary N) is 1. The standard InChI is InChI=1S/C29H32N4O4/c1-5-36-28(34)15-21-9-11-23(35-4)16-27(21)37-17-25-24-14-20(10-12-26(24)33(32-25)18(2)3)19-7-6-8-22(13-19)29(30)31/h6-14,16,18H,5,15,17H2,1-4H3,(H3,30,31). The fourth-order valence-electron chi connectivity index (χ4n) is 4.21. The molecule has 3 N–H and O–H groups in total. The molecule has 0 aliphatic heterocycles. The number of nitrogens with zero attached hydrogens (tertiary/aromatic N) is 2. The summed E-state index contributed by atoms with van der Waals surface area (Å²) in [6, 6.07) is 19.3. The molecule has 4 aromatic rings. The first-order valence-corrected chi connectivity index (χ1v) is 12.2. The molecule has 0 amide bonds. The number of amidine groups is 1. The predicted octanol–water partition coefficient (Wildman–Crippen LogP) is 5.26. The summed E-state index contributed by atoms with van der Waals surface area (Å²) < 4.78 is 18.7. The van der Waals surface area contributed by atoms with Crippen molar-refractivity contribution in [1.82, 2.24) is 9.78 Å². The van der Waals surface area contributed by atoms with E-state index in [4.69, 9.17) is 30.5 Å². The van der Waals surface area contributed by atoms with Gasteiger partial charge in [-0.25, -0.2) is 0 Å². The first-order chi connectivity index (χ1) is 17.8. The Hall–Kier alpha value is -4.33. The molecule has 37 heavy (non-hydrogen) atoms. The second-order valence-corrected chi connectivity index (χ2v) is 8.96. The summed E-state index contributed by atoms with van der Waals surface area (Å²) in [5.41, 5.74) is 10.8. The third-order valence-corrected chi connectivity index (χ3v) is 6.06. The number of nitrogen functional groups attached to an aromatic ring is 1. The molecule has 192 valence electrons. The van der Waals surface area contributed by atoms with Crippen molar-refractivity contribution >= 4 is 22.7 Å². The molecule has 0 saturated heterocycles. The Morgan fingerprint density at radius 3 is 2.57 bits per heavy atom. The van der Waals surface area contributed by atoms with E-state index < -0.39 is 0 Å². The van der Waals surface area contributed by atoms with E-state index in [0.717, 1.165) is 27.7 Å². The third kappa shape index (κ3) is 5.74. The fraction of sp³-hybridized carbons (Fsp3) is 0.276. The molecule has 0 aliphatic carbocycles. The van der Waals surface area contributed by atoms with E-state index in [0.29, 0.717) is 29.2 Å². The van der Waals surface area contributed by atoms with Crippen molar-refractivity contribution in [3.05, 3.63) is 77.5 Å². The van der Waals surface area contributed by atoms with Crippen molar-refractivity contribution in [3.63, 3.8) is 0 Å². The van der Waals surface area contributed by atoms with Gasteiger partial charge in [-0.15, -0.1) is 0 Å². The lowest BCUT2D eigenvalue weighted by Crippen LogP contribution is -2.10. The van der Waals surface area contributed by atoms with E-state index >= 15 is 0 Å². The largest absolute Gasteiger partial charge is 0.497 e. The number of rotatable bonds is 10. The van der Waals surface area contributed by atoms with Crippen LogP contribution in [0.2, 0.25) is 0 Å². The molecule has 0 fully saturated rings. The number of nitrogens with one attached hydrogen (secondary N) is 1. The molecule has 1 heterocycles. The summed E-state index contributed by atoms with van der Waals surface area (Å²) in [6.45, 7) is 6.48. The van der Waals surface area contributed by atoms with Gasteiger partial charge in [-0.2, -0.15) is 5.10 Å². The predicted molar refractivity (Wildman–Crippen MR) is 144 cm³/mol. The topological polar surface area (TPSA) is 112 Å². The number of esters is 1. The molecule has 0 atom stereocenters. The highest BCUT2D eigenvalue weighted by Crippen LogP contribution is 2.31. The lowest BCUT2D eigenvalue weighted by atomic mass is 10.0. The molecule has 8 nitrogen and oxygen atoms in total. The Balaban J connectivity index is 1.71. The Morgan fingerprint density at radius 1 is 1.08 bits per heavy atom. The molecule has 8 heteroatoms. The van der Waals surface area contributed by atoms with Gasteiger partial charge in [0.15, 0.2) is 0 Å². The van der Waals surface area contributed by atoms with E-state index in [1.807, 2.05) is 41.1 Å². The minimum Gasteiger partial charge on any atom is -0.497 e. The molecule has 0 bridgehead atoms. The van der Waals surface area contributed by atoms with Gasteiger partial charge in [0.1, 0.15) is 29.6 Å². The summed E-state index contributed by atoms with van der Waals surface area (Å²) in [5, 5.41) is 13.6. The molecule has 3 aromatic carbocycles. The summed E-state index contributed by atoms with van der Waals surface area (Å²) in [5.74, 6) is 0.892. The van der Waals surface area contributed by atoms with Crippen LogP contribution in [0.1, 0.15) is 43.6 Å². The van der Waals surface area contributed by atoms with Crippen LogP contribution in [0.25, 0.3) is 22.0 Å². The maximum absolute atomic E-state index is 12.1. The van der Waals surface area contributed by atoms with Gasteiger partial charge in [-0.3, -0.25) is 14.9 Å². The average Bonchev–Trinajstić information content (AvgIpc) is 3.26. The number of hydrogen-bond donors (Lipinski definition) is 2. The number of fused-ring (bicyclic) bond motifs is 1. The number of carbonyl (C=O) groups excluding carboxylic acids is 1. The van der Waals surface area contributed by atoms with Gasteiger partial charge in [-0.05, 0) is 56.2 Å². The van der Waals surface area contributed by atoms with E-state index in [1.165, 1.54) is 0 Å². The summed E-state index contributed by atoms with van der Waals surface area (Å²) in [6.07, 6.45) is 0.102. The van der Waals surface area contributed by atoms with Crippen molar-refractivity contribution in [2.24, 2.45) is 5.73 Å². The van der Waals surface area contributed by atoms with E-state index in [-0.39, 0.29) is 30.9 Å². The minimum atomic E-state index is -0.315. The fourth-order valence-corrected chi connectivity index (χ4v) is 4.21. The third-order valence-electron chi connectivity index (χ3n) is 6.06. The number of benzene rings is 3. The highest BCUT2D eigenvalue weighted by Gasteiger charge is 2.17. The van der Waals surface area contributed by atoms with Gasteiger partial charge in [0.2, 0.25) is 0 Å². The number of hydrogen-bond acceptors (Lipinski definition) is 6. The van der Waals surface area contributed by atoms with Crippen LogP contribution >= 0.6 is 0 Å². The van der Waals surface area contributed by atoms with Crippen molar-refractivity contribution in [2.75, 3.05) is 13.7 Å². The molecule has 1 aromatic heterocycles. The van der Waals surface area contributed by atoms with E-state index in [1.54, 1.807) is 26.2 Å². The molecule has 0 saturated carbocycles. The van der Waals surface area contributed by atoms with Crippen LogP contribution in [0.15, 0.2) is 60.7 Å². The molecule has 0 radical (unpaired) electrons. The number of carbonyl (C=O) groups is 1. The molecule has 0 unspecified atom stereocenters. The van der Waals surface area contributed by atoms with Crippen LogP contribution in [-0.4, -0.2) is 35.3 Å². The molecule has 4 rings (SSSR count). The van der Waals surface area contributed by atoms with Crippen LogP contribution in [0.3, 0.4) is 0 Å². The van der Waals surface area contributed by atoms with Crippen molar-refractivity contribution in [1.29, 1.82) is 5.41 Å². The Labute approximate surface area is 216 Å². The van der Waals surface area contributed by atoms with Crippen molar-refractivity contribution in [3.8, 4) is 22.6 Å². The number of aromatic nitrogens is 2. The van der Waals surface area contributed by atoms with Gasteiger partial charge in [0, 0.05) is 28.6 Å². The first kappa shape index (κ1) is 25.8. The summed E-state index contributed by atoms with van der Waals surface area (Å²) in [7, 11) is 1.59. The zero-order chi connectivity index (χ0) is 26.5. The van der Waals surface area contributed by atoms with Crippen LogP contribution in [0, 0.1) is 5.41 Å². The SMILES string of the molecule is CCOC(=O)Cc1ccc(OC)cc1OCc1nn(C(C)C)c2ccc(-c3cccc(C(=N)N)c3)cc12. The van der Waals surface area contributed by atoms with Crippen molar-refractivity contribution < 1.29 is 19.0 Å². The second-order valence-electron chi connectivity index (χ2n) is 8.96. The molecular formula is C29H32N4O4. The minimum absolute atomic E-state index is 0.0292. The highest BCUT2D eigenvalue weighted by atomic mass is 16.5. The van der Waals surface area contributed by atoms with E-state index in [2.05, 4.69) is 26.0 Å². The number of methoxy groups -OCH3 is 1. The van der Waals surface area contributed by atoms with Gasteiger partial charge in [0.05, 0.1) is 25.7 Å². The molecule has 0 spiro atoms. The second kappa shape index (κ2) is 11.2. The molecule has 0 aliphatic rings. The lowest BCUT2D eigenvalue weighted by molar-refractivity contribution is -0.142.